The monoisotopic (exact) mass is 575 g/mol. The SMILES string of the molecule is O=C(NC1(C(F)(F)F)CC1)c1cc2c(s1)CN(C1=NOC(c3cc(Cl)c(F)c(Cl)c3)(C(F)(F)F)C1)C2. The molecule has 2 aliphatic heterocycles. The number of nitrogens with one attached hydrogen (secondary N) is 1. The molecule has 1 fully saturated rings. The number of carbonyl (C=O) groups excluding carboxylic acids is 1. The highest BCUT2D eigenvalue weighted by Crippen LogP contribution is 2.51. The van der Waals surface area contributed by atoms with E-state index >= 15 is 0 Å². The molecule has 2 aromatic rings. The van der Waals surface area contributed by atoms with Crippen LogP contribution in [0.25, 0.3) is 0 Å². The molecule has 1 aliphatic carbocycles. The van der Waals surface area contributed by atoms with Crippen molar-refractivity contribution < 1.29 is 40.4 Å². The maximum Gasteiger partial charge on any atom is 0.435 e. The number of halogens is 9. The standard InChI is InChI=1S/C21H14Cl2F7N3O2S/c22-11-4-10(5-12(23)16(11)24)19(21(28,29)30)6-15(32-35-19)33-7-9-3-13(36-14(9)8-33)17(34)31-18(1-2-18)20(25,26)27/h3-5H,1-2,6-8H2,(H,31,34). The maximum absolute atomic E-state index is 14.2. The summed E-state index contributed by atoms with van der Waals surface area (Å²) in [7, 11) is 0. The molecule has 0 bridgehead atoms. The van der Waals surface area contributed by atoms with Crippen LogP contribution in [0.4, 0.5) is 30.7 Å². The zero-order valence-corrected chi connectivity index (χ0v) is 20.1. The van der Waals surface area contributed by atoms with E-state index in [1.807, 2.05) is 0 Å². The fourth-order valence-electron chi connectivity index (χ4n) is 4.19. The van der Waals surface area contributed by atoms with Crippen molar-refractivity contribution in [2.24, 2.45) is 5.16 Å². The summed E-state index contributed by atoms with van der Waals surface area (Å²) in [5.41, 5.74) is -5.08. The highest BCUT2D eigenvalue weighted by atomic mass is 35.5. The number of carbonyl (C=O) groups is 1. The second-order valence-electron chi connectivity index (χ2n) is 8.80. The van der Waals surface area contributed by atoms with Crippen molar-refractivity contribution in [3.8, 4) is 0 Å². The third-order valence-electron chi connectivity index (χ3n) is 6.45. The molecule has 3 aliphatic rings. The summed E-state index contributed by atoms with van der Waals surface area (Å²) in [6, 6.07) is 3.00. The van der Waals surface area contributed by atoms with Crippen LogP contribution >= 0.6 is 34.5 Å². The van der Waals surface area contributed by atoms with Crippen LogP contribution in [0, 0.1) is 5.82 Å². The van der Waals surface area contributed by atoms with Crippen molar-refractivity contribution in [3.63, 3.8) is 0 Å². The Hall–Kier alpha value is -2.25. The van der Waals surface area contributed by atoms with Gasteiger partial charge in [0, 0.05) is 17.0 Å². The Morgan fingerprint density at radius 3 is 2.22 bits per heavy atom. The van der Waals surface area contributed by atoms with E-state index in [-0.39, 0.29) is 36.6 Å². The Bertz CT molecular complexity index is 1240. The van der Waals surface area contributed by atoms with Crippen LogP contribution in [0.15, 0.2) is 23.4 Å². The number of nitrogens with zero attached hydrogens (tertiary/aromatic N) is 2. The van der Waals surface area contributed by atoms with Gasteiger partial charge >= 0.3 is 12.4 Å². The first-order valence-electron chi connectivity index (χ1n) is 10.4. The average Bonchev–Trinajstić information content (AvgIpc) is 3.10. The molecule has 36 heavy (non-hydrogen) atoms. The third-order valence-corrected chi connectivity index (χ3v) is 8.16. The van der Waals surface area contributed by atoms with Gasteiger partial charge in [0.15, 0.2) is 5.82 Å². The van der Waals surface area contributed by atoms with Crippen LogP contribution < -0.4 is 5.32 Å². The van der Waals surface area contributed by atoms with E-state index in [2.05, 4.69) is 10.5 Å². The number of rotatable bonds is 3. The van der Waals surface area contributed by atoms with E-state index in [4.69, 9.17) is 28.0 Å². The minimum atomic E-state index is -4.96. The van der Waals surface area contributed by atoms with Crippen molar-refractivity contribution in [3.05, 3.63) is 54.9 Å². The number of amides is 1. The summed E-state index contributed by atoms with van der Waals surface area (Å²) in [5.74, 6) is -1.96. The lowest BCUT2D eigenvalue weighted by Gasteiger charge is -2.30. The summed E-state index contributed by atoms with van der Waals surface area (Å²) in [6.07, 6.45) is -10.6. The zero-order chi connectivity index (χ0) is 26.3. The van der Waals surface area contributed by atoms with Gasteiger partial charge in [-0.1, -0.05) is 28.4 Å². The van der Waals surface area contributed by atoms with Crippen LogP contribution in [0.2, 0.25) is 10.0 Å². The Labute approximate surface area is 212 Å². The molecular weight excluding hydrogens is 562 g/mol. The number of thiophene rings is 1. The molecule has 1 unspecified atom stereocenters. The molecule has 0 spiro atoms. The lowest BCUT2D eigenvalue weighted by Crippen LogP contribution is -2.47. The van der Waals surface area contributed by atoms with Gasteiger partial charge in [0.25, 0.3) is 11.5 Å². The first-order chi connectivity index (χ1) is 16.7. The summed E-state index contributed by atoms with van der Waals surface area (Å²) in [4.78, 5) is 19.5. The smallest absolute Gasteiger partial charge is 0.372 e. The van der Waals surface area contributed by atoms with Crippen LogP contribution in [0.1, 0.15) is 44.9 Å². The van der Waals surface area contributed by atoms with Gasteiger partial charge in [-0.05, 0) is 36.6 Å². The van der Waals surface area contributed by atoms with Gasteiger partial charge in [0.05, 0.1) is 27.9 Å². The van der Waals surface area contributed by atoms with E-state index in [0.717, 1.165) is 23.5 Å². The normalized spacial score (nSPS) is 22.8. The summed E-state index contributed by atoms with van der Waals surface area (Å²) in [6.45, 7) is 0.156. The molecule has 0 saturated heterocycles. The number of hydrogen-bond acceptors (Lipinski definition) is 5. The topological polar surface area (TPSA) is 53.9 Å². The third kappa shape index (κ3) is 3.99. The first kappa shape index (κ1) is 25.4. The lowest BCUT2D eigenvalue weighted by molar-refractivity contribution is -0.275. The number of oxime groups is 1. The van der Waals surface area contributed by atoms with Gasteiger partial charge in [-0.15, -0.1) is 11.3 Å². The quantitative estimate of drug-likeness (QED) is 0.334. The molecule has 1 atom stereocenters. The van der Waals surface area contributed by atoms with Crippen molar-refractivity contribution in [2.45, 2.75) is 55.8 Å². The van der Waals surface area contributed by atoms with E-state index in [1.54, 1.807) is 0 Å². The fourth-order valence-corrected chi connectivity index (χ4v) is 5.77. The first-order valence-corrected chi connectivity index (χ1v) is 12.0. The minimum Gasteiger partial charge on any atom is -0.372 e. The summed E-state index contributed by atoms with van der Waals surface area (Å²) >= 11 is 12.4. The molecule has 15 heteroatoms. The Morgan fingerprint density at radius 1 is 1.06 bits per heavy atom. The second kappa shape index (κ2) is 8.12. The van der Waals surface area contributed by atoms with Crippen LogP contribution in [-0.4, -0.2) is 34.5 Å². The molecule has 1 saturated carbocycles. The van der Waals surface area contributed by atoms with Crippen molar-refractivity contribution in [1.82, 2.24) is 10.2 Å². The number of benzene rings is 1. The van der Waals surface area contributed by atoms with E-state index in [0.29, 0.717) is 10.4 Å². The number of hydrogen-bond donors (Lipinski definition) is 1. The van der Waals surface area contributed by atoms with Crippen molar-refractivity contribution >= 4 is 46.3 Å². The van der Waals surface area contributed by atoms with Gasteiger partial charge in [-0.2, -0.15) is 26.3 Å². The van der Waals surface area contributed by atoms with Crippen LogP contribution in [0.3, 0.4) is 0 Å². The highest BCUT2D eigenvalue weighted by Gasteiger charge is 2.65. The van der Waals surface area contributed by atoms with Crippen LogP contribution in [-0.2, 0) is 23.5 Å². The van der Waals surface area contributed by atoms with Crippen molar-refractivity contribution in [1.29, 1.82) is 0 Å². The number of amidine groups is 1. The lowest BCUT2D eigenvalue weighted by atomic mass is 9.89. The minimum absolute atomic E-state index is 0.0488. The molecule has 194 valence electrons. The van der Waals surface area contributed by atoms with E-state index in [9.17, 15) is 35.5 Å². The Kier molecular flexibility index (Phi) is 5.73. The number of fused-ring (bicyclic) bond motifs is 1. The predicted octanol–water partition coefficient (Wildman–Crippen LogP) is 6.53. The molecule has 5 rings (SSSR count). The molecule has 1 amide bonds. The Morgan fingerprint density at radius 2 is 1.69 bits per heavy atom. The maximum atomic E-state index is 14.2. The van der Waals surface area contributed by atoms with E-state index in [1.165, 1.54) is 11.0 Å². The fraction of sp³-hybridized carbons (Fsp3) is 0.429. The molecule has 1 N–H and O–H groups in total. The van der Waals surface area contributed by atoms with Crippen LogP contribution in [0.5, 0.6) is 0 Å². The molecule has 1 aromatic carbocycles. The molecule has 3 heterocycles. The second-order valence-corrected chi connectivity index (χ2v) is 10.8. The van der Waals surface area contributed by atoms with E-state index < -0.39 is 57.2 Å². The largest absolute Gasteiger partial charge is 0.435 e. The molecular formula is C21H14Cl2F7N3O2S. The molecule has 0 radical (unpaired) electrons. The zero-order valence-electron chi connectivity index (χ0n) is 17.8. The van der Waals surface area contributed by atoms with Gasteiger partial charge in [-0.25, -0.2) is 4.39 Å². The Balaban J connectivity index is 1.32. The molecule has 5 nitrogen and oxygen atoms in total. The summed E-state index contributed by atoms with van der Waals surface area (Å²) < 4.78 is 95.7. The van der Waals surface area contributed by atoms with Gasteiger partial charge in [0.1, 0.15) is 11.4 Å². The van der Waals surface area contributed by atoms with Gasteiger partial charge in [-0.3, -0.25) is 4.79 Å². The number of alkyl halides is 6. The van der Waals surface area contributed by atoms with Crippen molar-refractivity contribution in [2.75, 3.05) is 0 Å². The molecule has 1 aromatic heterocycles. The van der Waals surface area contributed by atoms with Gasteiger partial charge < -0.3 is 15.1 Å². The van der Waals surface area contributed by atoms with Gasteiger partial charge in [0.2, 0.25) is 0 Å². The summed E-state index contributed by atoms with van der Waals surface area (Å²) in [5, 5.41) is 4.48. The average molecular weight is 576 g/mol. The highest BCUT2D eigenvalue weighted by molar-refractivity contribution is 7.14. The predicted molar refractivity (Wildman–Crippen MR) is 116 cm³/mol.